The zero-order valence-electron chi connectivity index (χ0n) is 12.9. The molecular weight excluding hydrogens is 258 g/mol. The van der Waals surface area contributed by atoms with Crippen molar-refractivity contribution in [1.82, 2.24) is 5.32 Å². The van der Waals surface area contributed by atoms with Gasteiger partial charge >= 0.3 is 12.1 Å². The van der Waals surface area contributed by atoms with Crippen molar-refractivity contribution in [2.75, 3.05) is 0 Å². The van der Waals surface area contributed by atoms with E-state index in [9.17, 15) is 14.7 Å². The van der Waals surface area contributed by atoms with Crippen LogP contribution in [0, 0.1) is 11.8 Å². The molecular formula is C15H27NO4. The van der Waals surface area contributed by atoms with Crippen molar-refractivity contribution in [2.24, 2.45) is 11.8 Å². The first-order valence-corrected chi connectivity index (χ1v) is 7.45. The van der Waals surface area contributed by atoms with Crippen LogP contribution in [0.1, 0.15) is 59.8 Å². The number of rotatable bonds is 4. The lowest BCUT2D eigenvalue weighted by atomic mass is 9.77. The lowest BCUT2D eigenvalue weighted by molar-refractivity contribution is -0.144. The molecule has 0 aliphatic heterocycles. The molecule has 0 bridgehead atoms. The molecule has 1 fully saturated rings. The summed E-state index contributed by atoms with van der Waals surface area (Å²) in [7, 11) is 0. The maximum atomic E-state index is 11.7. The molecule has 1 saturated carbocycles. The molecule has 0 radical (unpaired) electrons. The molecule has 2 N–H and O–H groups in total. The number of carboxylic acid groups (broad SMARTS) is 1. The first kappa shape index (κ1) is 16.8. The Morgan fingerprint density at radius 3 is 2.20 bits per heavy atom. The fourth-order valence-electron chi connectivity index (χ4n) is 2.85. The fraction of sp³-hybridized carbons (Fsp3) is 0.867. The maximum Gasteiger partial charge on any atom is 0.407 e. The van der Waals surface area contributed by atoms with Crippen molar-refractivity contribution < 1.29 is 19.4 Å². The molecule has 0 aromatic heterocycles. The number of alkyl carbamates (subject to hydrolysis) is 1. The van der Waals surface area contributed by atoms with Gasteiger partial charge in [0.1, 0.15) is 5.60 Å². The molecule has 0 spiro atoms. The average molecular weight is 285 g/mol. The lowest BCUT2D eigenvalue weighted by Crippen LogP contribution is -2.42. The van der Waals surface area contributed by atoms with Gasteiger partial charge in [0.2, 0.25) is 0 Å². The maximum absolute atomic E-state index is 11.7. The number of hydrogen-bond donors (Lipinski definition) is 2. The summed E-state index contributed by atoms with van der Waals surface area (Å²) in [4.78, 5) is 22.8. The second kappa shape index (κ2) is 6.95. The predicted molar refractivity (Wildman–Crippen MR) is 76.5 cm³/mol. The number of ether oxygens (including phenoxy) is 1. The Bertz CT molecular complexity index is 340. The third-order valence-corrected chi connectivity index (χ3v) is 3.82. The molecule has 20 heavy (non-hydrogen) atoms. The van der Waals surface area contributed by atoms with E-state index < -0.39 is 11.6 Å². The van der Waals surface area contributed by atoms with Crippen molar-refractivity contribution in [3.05, 3.63) is 0 Å². The van der Waals surface area contributed by atoms with Crippen molar-refractivity contribution in [3.63, 3.8) is 0 Å². The minimum atomic E-state index is -0.698. The minimum absolute atomic E-state index is 0.104. The summed E-state index contributed by atoms with van der Waals surface area (Å²) >= 11 is 0. The summed E-state index contributed by atoms with van der Waals surface area (Å²) in [6.45, 7) is 7.43. The minimum Gasteiger partial charge on any atom is -0.481 e. The van der Waals surface area contributed by atoms with Gasteiger partial charge in [-0.15, -0.1) is 0 Å². The Labute approximate surface area is 121 Å². The number of aliphatic carboxylic acids is 1. The van der Waals surface area contributed by atoms with E-state index in [1.54, 1.807) is 0 Å². The summed E-state index contributed by atoms with van der Waals surface area (Å²) in [5.41, 5.74) is -0.488. The smallest absolute Gasteiger partial charge is 0.407 e. The van der Waals surface area contributed by atoms with Crippen LogP contribution < -0.4 is 5.32 Å². The standard InChI is InChI=1S/C15H27NO4/c1-5-12(13(17)18)10-6-8-11(9-7-10)16-14(19)20-15(2,3)4/h10-12H,5-9H2,1-4H3,(H,16,19)(H,17,18). The SMILES string of the molecule is CCC(C(=O)O)C1CCC(NC(=O)OC(C)(C)C)CC1. The van der Waals surface area contributed by atoms with Crippen molar-refractivity contribution in [3.8, 4) is 0 Å². The molecule has 1 unspecified atom stereocenters. The Hall–Kier alpha value is -1.26. The highest BCUT2D eigenvalue weighted by molar-refractivity contribution is 5.70. The average Bonchev–Trinajstić information content (AvgIpc) is 2.29. The molecule has 116 valence electrons. The molecule has 1 rings (SSSR count). The van der Waals surface area contributed by atoms with Gasteiger partial charge in [-0.2, -0.15) is 0 Å². The number of amides is 1. The van der Waals surface area contributed by atoms with Gasteiger partial charge in [0.15, 0.2) is 0 Å². The van der Waals surface area contributed by atoms with Gasteiger partial charge in [-0.25, -0.2) is 4.79 Å². The van der Waals surface area contributed by atoms with E-state index in [1.807, 2.05) is 27.7 Å². The van der Waals surface area contributed by atoms with Gasteiger partial charge in [-0.1, -0.05) is 6.92 Å². The van der Waals surface area contributed by atoms with Crippen molar-refractivity contribution in [2.45, 2.75) is 71.4 Å². The number of hydrogen-bond acceptors (Lipinski definition) is 3. The largest absolute Gasteiger partial charge is 0.481 e. The molecule has 1 amide bonds. The van der Waals surface area contributed by atoms with Crippen LogP contribution in [-0.4, -0.2) is 28.8 Å². The summed E-state index contributed by atoms with van der Waals surface area (Å²) in [6.07, 6.45) is 3.65. The lowest BCUT2D eigenvalue weighted by Gasteiger charge is -2.32. The van der Waals surface area contributed by atoms with Gasteiger partial charge in [0.25, 0.3) is 0 Å². The topological polar surface area (TPSA) is 75.6 Å². The van der Waals surface area contributed by atoms with Crippen molar-refractivity contribution >= 4 is 12.1 Å². The third-order valence-electron chi connectivity index (χ3n) is 3.82. The second-order valence-electron chi connectivity index (χ2n) is 6.61. The van der Waals surface area contributed by atoms with Crippen LogP contribution in [0.5, 0.6) is 0 Å². The van der Waals surface area contributed by atoms with E-state index in [0.717, 1.165) is 25.7 Å². The highest BCUT2D eigenvalue weighted by Gasteiger charge is 2.31. The monoisotopic (exact) mass is 285 g/mol. The highest BCUT2D eigenvalue weighted by Crippen LogP contribution is 2.32. The molecule has 5 heteroatoms. The van der Waals surface area contributed by atoms with Crippen LogP contribution in [-0.2, 0) is 9.53 Å². The molecule has 0 saturated heterocycles. The summed E-state index contributed by atoms with van der Waals surface area (Å²) < 4.78 is 5.23. The van der Waals surface area contributed by atoms with Crippen molar-refractivity contribution in [1.29, 1.82) is 0 Å². The molecule has 0 aromatic rings. The van der Waals surface area contributed by atoms with Crippen LogP contribution in [0.25, 0.3) is 0 Å². The normalized spacial score (nSPS) is 24.8. The first-order valence-electron chi connectivity index (χ1n) is 7.45. The summed E-state index contributed by atoms with van der Waals surface area (Å²) in [6, 6.07) is 0.104. The number of nitrogens with one attached hydrogen (secondary N) is 1. The van der Waals surface area contributed by atoms with Gasteiger partial charge in [0, 0.05) is 6.04 Å². The van der Waals surface area contributed by atoms with Crippen LogP contribution in [0.3, 0.4) is 0 Å². The van der Waals surface area contributed by atoms with E-state index in [4.69, 9.17) is 4.74 Å². The van der Waals surface area contributed by atoms with Gasteiger partial charge in [-0.05, 0) is 58.8 Å². The van der Waals surface area contributed by atoms with E-state index >= 15 is 0 Å². The van der Waals surface area contributed by atoms with Crippen LogP contribution >= 0.6 is 0 Å². The van der Waals surface area contributed by atoms with Crippen LogP contribution in [0.4, 0.5) is 4.79 Å². The quantitative estimate of drug-likeness (QED) is 0.831. The Morgan fingerprint density at radius 1 is 1.25 bits per heavy atom. The third kappa shape index (κ3) is 5.39. The zero-order chi connectivity index (χ0) is 15.3. The molecule has 1 aliphatic carbocycles. The molecule has 1 aliphatic rings. The Kier molecular flexibility index (Phi) is 5.84. The number of carbonyl (C=O) groups excluding carboxylic acids is 1. The fourth-order valence-corrected chi connectivity index (χ4v) is 2.85. The van der Waals surface area contributed by atoms with Gasteiger partial charge < -0.3 is 15.2 Å². The van der Waals surface area contributed by atoms with E-state index in [-0.39, 0.29) is 24.0 Å². The van der Waals surface area contributed by atoms with Crippen LogP contribution in [0.15, 0.2) is 0 Å². The van der Waals surface area contributed by atoms with E-state index in [2.05, 4.69) is 5.32 Å². The molecule has 5 nitrogen and oxygen atoms in total. The zero-order valence-corrected chi connectivity index (χ0v) is 12.9. The highest BCUT2D eigenvalue weighted by atomic mass is 16.6. The molecule has 0 heterocycles. The Balaban J connectivity index is 2.39. The van der Waals surface area contributed by atoms with E-state index in [0.29, 0.717) is 6.42 Å². The number of carboxylic acids is 1. The number of carbonyl (C=O) groups is 2. The Morgan fingerprint density at radius 2 is 1.80 bits per heavy atom. The molecule has 0 aromatic carbocycles. The summed E-state index contributed by atoms with van der Waals surface area (Å²) in [5.74, 6) is -0.720. The summed E-state index contributed by atoms with van der Waals surface area (Å²) in [5, 5.41) is 12.0. The van der Waals surface area contributed by atoms with E-state index in [1.165, 1.54) is 0 Å². The van der Waals surface area contributed by atoms with Gasteiger partial charge in [-0.3, -0.25) is 4.79 Å². The second-order valence-corrected chi connectivity index (χ2v) is 6.61. The molecule has 1 atom stereocenters. The van der Waals surface area contributed by atoms with Gasteiger partial charge in [0.05, 0.1) is 5.92 Å². The predicted octanol–water partition coefficient (Wildman–Crippen LogP) is 3.18. The van der Waals surface area contributed by atoms with Crippen LogP contribution in [0.2, 0.25) is 0 Å². The first-order chi connectivity index (χ1) is 9.23.